The Morgan fingerprint density at radius 3 is 2.45 bits per heavy atom. The molecule has 3 rings (SSSR count). The minimum absolute atomic E-state index is 0.0451. The SMILES string of the molecule is C=CCn1c(-c2ccc(C(C)(C)C)cc2)nn(CC(=O)Nc2cccc(C)c2C)c1=S. The van der Waals surface area contributed by atoms with Crippen LogP contribution in [-0.4, -0.2) is 20.3 Å². The van der Waals surface area contributed by atoms with Gasteiger partial charge in [0.05, 0.1) is 0 Å². The van der Waals surface area contributed by atoms with Crippen molar-refractivity contribution in [3.05, 3.63) is 76.6 Å². The molecule has 1 N–H and O–H groups in total. The zero-order valence-corrected chi connectivity index (χ0v) is 19.7. The average Bonchev–Trinajstić information content (AvgIpc) is 3.01. The third kappa shape index (κ3) is 5.02. The summed E-state index contributed by atoms with van der Waals surface area (Å²) in [4.78, 5) is 12.7. The van der Waals surface area contributed by atoms with E-state index in [4.69, 9.17) is 12.2 Å². The first-order valence-corrected chi connectivity index (χ1v) is 10.8. The van der Waals surface area contributed by atoms with E-state index in [0.717, 1.165) is 28.2 Å². The van der Waals surface area contributed by atoms with E-state index in [1.54, 1.807) is 10.8 Å². The Hall–Kier alpha value is -2.99. The second-order valence-corrected chi connectivity index (χ2v) is 9.15. The van der Waals surface area contributed by atoms with Gasteiger partial charge in [0.1, 0.15) is 6.54 Å². The second-order valence-electron chi connectivity index (χ2n) is 8.79. The number of nitrogens with zero attached hydrogens (tertiary/aromatic N) is 3. The van der Waals surface area contributed by atoms with Crippen molar-refractivity contribution >= 4 is 23.8 Å². The molecule has 0 aliphatic heterocycles. The summed E-state index contributed by atoms with van der Waals surface area (Å²) in [5, 5.41) is 7.65. The molecule has 31 heavy (non-hydrogen) atoms. The van der Waals surface area contributed by atoms with Crippen molar-refractivity contribution in [2.75, 3.05) is 5.32 Å². The molecule has 0 saturated carbocycles. The fourth-order valence-corrected chi connectivity index (χ4v) is 3.65. The Morgan fingerprint density at radius 1 is 1.16 bits per heavy atom. The molecule has 0 atom stereocenters. The van der Waals surface area contributed by atoms with Crippen LogP contribution in [0.5, 0.6) is 0 Å². The van der Waals surface area contributed by atoms with Gasteiger partial charge in [0, 0.05) is 17.8 Å². The minimum atomic E-state index is -0.164. The van der Waals surface area contributed by atoms with Crippen LogP contribution < -0.4 is 5.32 Å². The van der Waals surface area contributed by atoms with Crippen molar-refractivity contribution in [2.24, 2.45) is 0 Å². The number of carbonyl (C=O) groups excluding carboxylic acids is 1. The van der Waals surface area contributed by atoms with E-state index in [-0.39, 0.29) is 17.9 Å². The quantitative estimate of drug-likeness (QED) is 0.393. The van der Waals surface area contributed by atoms with E-state index < -0.39 is 0 Å². The highest BCUT2D eigenvalue weighted by atomic mass is 32.1. The molecule has 2 aromatic carbocycles. The maximum atomic E-state index is 12.7. The second kappa shape index (κ2) is 9.02. The van der Waals surface area contributed by atoms with Gasteiger partial charge in [0.15, 0.2) is 10.6 Å². The monoisotopic (exact) mass is 434 g/mol. The Labute approximate surface area is 189 Å². The lowest BCUT2D eigenvalue weighted by Gasteiger charge is -2.19. The summed E-state index contributed by atoms with van der Waals surface area (Å²) >= 11 is 5.63. The van der Waals surface area contributed by atoms with Crippen molar-refractivity contribution in [3.8, 4) is 11.4 Å². The molecule has 3 aromatic rings. The lowest BCUT2D eigenvalue weighted by Crippen LogP contribution is -2.20. The summed E-state index contributed by atoms with van der Waals surface area (Å²) in [5.74, 6) is 0.563. The van der Waals surface area contributed by atoms with E-state index in [1.165, 1.54) is 5.56 Å². The number of hydrogen-bond donors (Lipinski definition) is 1. The Bertz CT molecular complexity index is 1160. The number of anilines is 1. The Balaban J connectivity index is 1.90. The molecular weight excluding hydrogens is 404 g/mol. The van der Waals surface area contributed by atoms with Gasteiger partial charge in [-0.1, -0.05) is 63.2 Å². The number of aryl methyl sites for hydroxylation is 1. The van der Waals surface area contributed by atoms with Crippen molar-refractivity contribution in [3.63, 3.8) is 0 Å². The number of nitrogens with one attached hydrogen (secondary N) is 1. The highest BCUT2D eigenvalue weighted by Crippen LogP contribution is 2.26. The van der Waals surface area contributed by atoms with Gasteiger partial charge in [-0.25, -0.2) is 4.68 Å². The molecule has 1 aromatic heterocycles. The molecule has 0 saturated heterocycles. The normalized spacial score (nSPS) is 11.4. The van der Waals surface area contributed by atoms with Gasteiger partial charge >= 0.3 is 0 Å². The van der Waals surface area contributed by atoms with E-state index in [1.807, 2.05) is 36.6 Å². The van der Waals surface area contributed by atoms with Gasteiger partial charge in [-0.3, -0.25) is 9.36 Å². The average molecular weight is 435 g/mol. The molecule has 0 fully saturated rings. The van der Waals surface area contributed by atoms with Crippen LogP contribution >= 0.6 is 12.2 Å². The van der Waals surface area contributed by atoms with Crippen LogP contribution in [0.15, 0.2) is 55.1 Å². The first-order valence-electron chi connectivity index (χ1n) is 10.4. The first-order chi connectivity index (χ1) is 14.6. The summed E-state index contributed by atoms with van der Waals surface area (Å²) in [6.45, 7) is 15.0. The van der Waals surface area contributed by atoms with Gasteiger partial charge < -0.3 is 5.32 Å². The molecule has 0 spiro atoms. The molecular formula is C25H30N4OS. The molecule has 162 valence electrons. The number of carbonyl (C=O) groups is 1. The molecule has 0 bridgehead atoms. The molecule has 5 nitrogen and oxygen atoms in total. The van der Waals surface area contributed by atoms with E-state index >= 15 is 0 Å². The maximum absolute atomic E-state index is 12.7. The van der Waals surface area contributed by atoms with E-state index in [0.29, 0.717) is 11.3 Å². The van der Waals surface area contributed by atoms with Crippen molar-refractivity contribution < 1.29 is 4.79 Å². The third-order valence-corrected chi connectivity index (χ3v) is 5.85. The summed E-state index contributed by atoms with van der Waals surface area (Å²) in [6, 6.07) is 14.2. The Morgan fingerprint density at radius 2 is 1.84 bits per heavy atom. The van der Waals surface area contributed by atoms with Gasteiger partial charge in [0.2, 0.25) is 5.91 Å². The number of allylic oxidation sites excluding steroid dienone is 1. The number of benzene rings is 2. The summed E-state index contributed by atoms with van der Waals surface area (Å²) in [5.41, 5.74) is 5.26. The molecule has 0 aliphatic carbocycles. The van der Waals surface area contributed by atoms with E-state index in [9.17, 15) is 4.79 Å². The largest absolute Gasteiger partial charge is 0.324 e. The molecule has 6 heteroatoms. The van der Waals surface area contributed by atoms with Crippen LogP contribution in [-0.2, 0) is 23.3 Å². The zero-order chi connectivity index (χ0) is 22.8. The predicted octanol–water partition coefficient (Wildman–Crippen LogP) is 5.82. The van der Waals surface area contributed by atoms with Gasteiger partial charge in [-0.15, -0.1) is 6.58 Å². The number of hydrogen-bond acceptors (Lipinski definition) is 3. The number of amides is 1. The van der Waals surface area contributed by atoms with Crippen LogP contribution in [0, 0.1) is 18.6 Å². The van der Waals surface area contributed by atoms with Crippen LogP contribution in [0.1, 0.15) is 37.5 Å². The van der Waals surface area contributed by atoms with E-state index in [2.05, 4.69) is 62.0 Å². The van der Waals surface area contributed by atoms with Crippen molar-refractivity contribution in [1.29, 1.82) is 0 Å². The van der Waals surface area contributed by atoms with Gasteiger partial charge in [-0.05, 0) is 54.2 Å². The first kappa shape index (κ1) is 22.7. The topological polar surface area (TPSA) is 51.9 Å². The zero-order valence-electron chi connectivity index (χ0n) is 18.9. The predicted molar refractivity (Wildman–Crippen MR) is 130 cm³/mol. The Kier molecular flexibility index (Phi) is 6.60. The summed E-state index contributed by atoms with van der Waals surface area (Å²) in [7, 11) is 0. The summed E-state index contributed by atoms with van der Waals surface area (Å²) in [6.07, 6.45) is 1.78. The highest BCUT2D eigenvalue weighted by molar-refractivity contribution is 7.71. The van der Waals surface area contributed by atoms with Crippen molar-refractivity contribution in [1.82, 2.24) is 14.3 Å². The fourth-order valence-electron chi connectivity index (χ4n) is 3.38. The highest BCUT2D eigenvalue weighted by Gasteiger charge is 2.17. The number of rotatable bonds is 6. The molecule has 0 unspecified atom stereocenters. The molecule has 0 radical (unpaired) electrons. The lowest BCUT2D eigenvalue weighted by atomic mass is 9.87. The minimum Gasteiger partial charge on any atom is -0.324 e. The van der Waals surface area contributed by atoms with Gasteiger partial charge in [-0.2, -0.15) is 5.10 Å². The van der Waals surface area contributed by atoms with Crippen LogP contribution in [0.2, 0.25) is 0 Å². The van der Waals surface area contributed by atoms with Crippen LogP contribution in [0.3, 0.4) is 0 Å². The fraction of sp³-hybridized carbons (Fsp3) is 0.320. The maximum Gasteiger partial charge on any atom is 0.246 e. The third-order valence-electron chi connectivity index (χ3n) is 5.42. The lowest BCUT2D eigenvalue weighted by molar-refractivity contribution is -0.116. The smallest absolute Gasteiger partial charge is 0.246 e. The number of aromatic nitrogens is 3. The standard InChI is InChI=1S/C25H30N4OS/c1-7-15-28-23(19-11-13-20(14-12-19)25(4,5)6)27-29(24(28)31)16-22(30)26-21-10-8-9-17(2)18(21)3/h7-14H,1,15-16H2,2-6H3,(H,26,30). The van der Waals surface area contributed by atoms with Crippen molar-refractivity contribution in [2.45, 2.75) is 53.1 Å². The molecule has 0 aliphatic rings. The van der Waals surface area contributed by atoms with Gasteiger partial charge in [0.25, 0.3) is 0 Å². The van der Waals surface area contributed by atoms with Crippen LogP contribution in [0.4, 0.5) is 5.69 Å². The summed E-state index contributed by atoms with van der Waals surface area (Å²) < 4.78 is 3.97. The van der Waals surface area contributed by atoms with Crippen LogP contribution in [0.25, 0.3) is 11.4 Å². The molecule has 1 amide bonds. The molecule has 1 heterocycles.